The highest BCUT2D eigenvalue weighted by atomic mass is 16.6. The lowest BCUT2D eigenvalue weighted by Gasteiger charge is -2.12. The Kier molecular flexibility index (Phi) is 7.44. The van der Waals surface area contributed by atoms with E-state index in [-0.39, 0.29) is 23.7 Å². The zero-order chi connectivity index (χ0) is 22.1. The van der Waals surface area contributed by atoms with Crippen LogP contribution in [0.5, 0.6) is 5.75 Å². The van der Waals surface area contributed by atoms with Crippen LogP contribution in [-0.4, -0.2) is 41.1 Å². The van der Waals surface area contributed by atoms with Crippen LogP contribution in [0.25, 0.3) is 0 Å². The smallest absolute Gasteiger partial charge is 0.293 e. The molecule has 0 bridgehead atoms. The van der Waals surface area contributed by atoms with Crippen LogP contribution >= 0.6 is 0 Å². The molecule has 31 heavy (non-hydrogen) atoms. The summed E-state index contributed by atoms with van der Waals surface area (Å²) in [6, 6.07) is 11.2. The summed E-state index contributed by atoms with van der Waals surface area (Å²) in [5.74, 6) is 0.0468. The first-order valence-corrected chi connectivity index (χ1v) is 9.38. The van der Waals surface area contributed by atoms with Crippen LogP contribution in [0.3, 0.4) is 0 Å². The van der Waals surface area contributed by atoms with Crippen molar-refractivity contribution < 1.29 is 19.2 Å². The zero-order valence-electron chi connectivity index (χ0n) is 16.8. The third kappa shape index (κ3) is 5.97. The molecule has 1 amide bonds. The van der Waals surface area contributed by atoms with Crippen molar-refractivity contribution in [1.82, 2.24) is 9.97 Å². The molecule has 3 rings (SSSR count). The van der Waals surface area contributed by atoms with Gasteiger partial charge in [0.05, 0.1) is 11.5 Å². The maximum atomic E-state index is 12.7. The van der Waals surface area contributed by atoms with E-state index in [9.17, 15) is 14.9 Å². The Balaban J connectivity index is 1.74. The van der Waals surface area contributed by atoms with Crippen molar-refractivity contribution in [3.05, 3.63) is 82.3 Å². The SMILES string of the molecule is COCCNc1ccc(C(=O)Nc2ncccc2OCc2ccncc2)cc1[N+](=O)[O-]. The minimum Gasteiger partial charge on any atom is -0.485 e. The average molecular weight is 423 g/mol. The Morgan fingerprint density at radius 3 is 2.71 bits per heavy atom. The van der Waals surface area contributed by atoms with Crippen molar-refractivity contribution in [2.45, 2.75) is 6.61 Å². The first kappa shape index (κ1) is 21.7. The van der Waals surface area contributed by atoms with E-state index in [0.29, 0.717) is 24.6 Å². The number of ether oxygens (including phenoxy) is 2. The maximum absolute atomic E-state index is 12.7. The second-order valence-electron chi connectivity index (χ2n) is 6.36. The van der Waals surface area contributed by atoms with Crippen LogP contribution < -0.4 is 15.4 Å². The van der Waals surface area contributed by atoms with Crippen molar-refractivity contribution in [2.75, 3.05) is 30.9 Å². The fraction of sp³-hybridized carbons (Fsp3) is 0.190. The second-order valence-corrected chi connectivity index (χ2v) is 6.36. The van der Waals surface area contributed by atoms with Gasteiger partial charge in [0.15, 0.2) is 11.6 Å². The lowest BCUT2D eigenvalue weighted by Crippen LogP contribution is -2.15. The molecule has 0 spiro atoms. The topological polar surface area (TPSA) is 129 Å². The van der Waals surface area contributed by atoms with Crippen LogP contribution in [-0.2, 0) is 11.3 Å². The number of aromatic nitrogens is 2. The van der Waals surface area contributed by atoms with Crippen molar-refractivity contribution in [3.63, 3.8) is 0 Å². The summed E-state index contributed by atoms with van der Waals surface area (Å²) in [6.45, 7) is 1.06. The number of carbonyl (C=O) groups excluding carboxylic acids is 1. The van der Waals surface area contributed by atoms with Gasteiger partial charge >= 0.3 is 0 Å². The average Bonchev–Trinajstić information content (AvgIpc) is 2.79. The van der Waals surface area contributed by atoms with Gasteiger partial charge in [-0.1, -0.05) is 0 Å². The molecule has 0 aliphatic carbocycles. The zero-order valence-corrected chi connectivity index (χ0v) is 16.8. The van der Waals surface area contributed by atoms with Gasteiger partial charge in [-0.15, -0.1) is 0 Å². The second kappa shape index (κ2) is 10.6. The number of nitro groups is 1. The monoisotopic (exact) mass is 423 g/mol. The molecule has 10 heteroatoms. The molecule has 2 aromatic heterocycles. The number of hydrogen-bond acceptors (Lipinski definition) is 8. The number of nitrogens with one attached hydrogen (secondary N) is 2. The molecule has 160 valence electrons. The number of anilines is 2. The summed E-state index contributed by atoms with van der Waals surface area (Å²) in [5, 5.41) is 17.0. The Labute approximate surface area is 178 Å². The Hall–Kier alpha value is -4.05. The number of hydrogen-bond donors (Lipinski definition) is 2. The molecule has 0 aliphatic rings. The van der Waals surface area contributed by atoms with E-state index in [1.54, 1.807) is 24.5 Å². The summed E-state index contributed by atoms with van der Waals surface area (Å²) in [4.78, 5) is 31.7. The molecule has 10 nitrogen and oxygen atoms in total. The molecule has 0 fully saturated rings. The summed E-state index contributed by atoms with van der Waals surface area (Å²) < 4.78 is 10.7. The minimum atomic E-state index is -0.546. The third-order valence-electron chi connectivity index (χ3n) is 4.22. The normalized spacial score (nSPS) is 10.4. The highest BCUT2D eigenvalue weighted by molar-refractivity contribution is 6.05. The summed E-state index contributed by atoms with van der Waals surface area (Å²) in [5.41, 5.74) is 1.12. The van der Waals surface area contributed by atoms with Crippen molar-refractivity contribution >= 4 is 23.1 Å². The first-order chi connectivity index (χ1) is 15.1. The van der Waals surface area contributed by atoms with E-state index in [4.69, 9.17) is 9.47 Å². The molecule has 0 aliphatic heterocycles. The van der Waals surface area contributed by atoms with Crippen LogP contribution in [0.15, 0.2) is 61.1 Å². The molecular formula is C21H21N5O5. The van der Waals surface area contributed by atoms with E-state index in [1.165, 1.54) is 31.5 Å². The van der Waals surface area contributed by atoms with E-state index < -0.39 is 10.8 Å². The summed E-state index contributed by atoms with van der Waals surface area (Å²) in [6.07, 6.45) is 4.83. The largest absolute Gasteiger partial charge is 0.485 e. The number of pyridine rings is 2. The number of nitrogens with zero attached hydrogens (tertiary/aromatic N) is 3. The van der Waals surface area contributed by atoms with Crippen LogP contribution in [0, 0.1) is 10.1 Å². The molecule has 0 radical (unpaired) electrons. The van der Waals surface area contributed by atoms with Gasteiger partial charge in [-0.3, -0.25) is 19.9 Å². The van der Waals surface area contributed by atoms with E-state index in [1.807, 2.05) is 12.1 Å². The number of rotatable bonds is 10. The molecule has 2 N–H and O–H groups in total. The van der Waals surface area contributed by atoms with E-state index >= 15 is 0 Å². The van der Waals surface area contributed by atoms with Crippen molar-refractivity contribution in [2.24, 2.45) is 0 Å². The third-order valence-corrected chi connectivity index (χ3v) is 4.22. The van der Waals surface area contributed by atoms with Gasteiger partial charge in [-0.05, 0) is 42.0 Å². The van der Waals surface area contributed by atoms with Gasteiger partial charge < -0.3 is 20.1 Å². The minimum absolute atomic E-state index is 0.120. The Morgan fingerprint density at radius 2 is 1.97 bits per heavy atom. The number of methoxy groups -OCH3 is 1. The van der Waals surface area contributed by atoms with Gasteiger partial charge in [-0.2, -0.15) is 0 Å². The summed E-state index contributed by atoms with van der Waals surface area (Å²) in [7, 11) is 1.54. The molecule has 3 aromatic rings. The molecule has 0 saturated carbocycles. The van der Waals surface area contributed by atoms with Gasteiger partial charge in [0.1, 0.15) is 12.3 Å². The number of nitro benzene ring substituents is 1. The summed E-state index contributed by atoms with van der Waals surface area (Å²) >= 11 is 0. The van der Waals surface area contributed by atoms with Crippen LogP contribution in [0.2, 0.25) is 0 Å². The fourth-order valence-electron chi connectivity index (χ4n) is 2.68. The number of amides is 1. The van der Waals surface area contributed by atoms with Gasteiger partial charge in [0.2, 0.25) is 0 Å². The van der Waals surface area contributed by atoms with Crippen molar-refractivity contribution in [1.29, 1.82) is 0 Å². The molecule has 2 heterocycles. The molecule has 1 aromatic carbocycles. The fourth-order valence-corrected chi connectivity index (χ4v) is 2.68. The maximum Gasteiger partial charge on any atom is 0.293 e. The molecular weight excluding hydrogens is 402 g/mol. The number of carbonyl (C=O) groups is 1. The predicted octanol–water partition coefficient (Wildman–Crippen LogP) is 3.27. The Morgan fingerprint density at radius 1 is 1.16 bits per heavy atom. The lowest BCUT2D eigenvalue weighted by atomic mass is 10.1. The van der Waals surface area contributed by atoms with E-state index in [2.05, 4.69) is 20.6 Å². The van der Waals surface area contributed by atoms with Gasteiger partial charge in [0.25, 0.3) is 11.6 Å². The van der Waals surface area contributed by atoms with Crippen molar-refractivity contribution in [3.8, 4) is 5.75 Å². The quantitative estimate of drug-likeness (QED) is 0.289. The Bertz CT molecular complexity index is 1050. The lowest BCUT2D eigenvalue weighted by molar-refractivity contribution is -0.384. The standard InChI is InChI=1S/C21H21N5O5/c1-30-12-11-23-17-5-4-16(13-18(17)26(28)29)21(27)25-20-19(3-2-8-24-20)31-14-15-6-9-22-10-7-15/h2-10,13,23H,11-12,14H2,1H3,(H,24,25,27). The first-order valence-electron chi connectivity index (χ1n) is 9.38. The highest BCUT2D eigenvalue weighted by Gasteiger charge is 2.19. The molecule has 0 saturated heterocycles. The van der Waals surface area contributed by atoms with Crippen LogP contribution in [0.4, 0.5) is 17.2 Å². The predicted molar refractivity (Wildman–Crippen MR) is 114 cm³/mol. The van der Waals surface area contributed by atoms with E-state index in [0.717, 1.165) is 5.56 Å². The molecule has 0 unspecified atom stereocenters. The highest BCUT2D eigenvalue weighted by Crippen LogP contribution is 2.27. The van der Waals surface area contributed by atoms with Gasteiger partial charge in [0, 0.05) is 43.9 Å². The van der Waals surface area contributed by atoms with Gasteiger partial charge in [-0.25, -0.2) is 4.98 Å². The van der Waals surface area contributed by atoms with Crippen LogP contribution in [0.1, 0.15) is 15.9 Å². The number of benzene rings is 1. The molecule has 0 atom stereocenters.